The Morgan fingerprint density at radius 3 is 2.42 bits per heavy atom. The van der Waals surface area contributed by atoms with Gasteiger partial charge in [0.1, 0.15) is 6.54 Å². The van der Waals surface area contributed by atoms with Gasteiger partial charge in [0, 0.05) is 21.1 Å². The molecule has 1 heterocycles. The molecule has 0 aliphatic heterocycles. The number of amides is 1. The van der Waals surface area contributed by atoms with Crippen molar-refractivity contribution in [1.29, 1.82) is 0 Å². The average Bonchev–Trinajstić information content (AvgIpc) is 2.51. The molecule has 122 valence electrons. The fraction of sp³-hybridized carbons (Fsp3) is 0.118. The van der Waals surface area contributed by atoms with Crippen LogP contribution >= 0.6 is 23.2 Å². The monoisotopic (exact) mass is 361 g/mol. The van der Waals surface area contributed by atoms with Crippen LogP contribution in [-0.4, -0.2) is 15.7 Å². The van der Waals surface area contributed by atoms with Gasteiger partial charge in [-0.1, -0.05) is 41.4 Å². The first kappa shape index (κ1) is 16.5. The molecule has 0 fully saturated rings. The van der Waals surface area contributed by atoms with Crippen molar-refractivity contribution < 1.29 is 4.79 Å². The third kappa shape index (κ3) is 3.42. The number of benzene rings is 2. The van der Waals surface area contributed by atoms with Crippen molar-refractivity contribution in [3.05, 3.63) is 68.6 Å². The summed E-state index contributed by atoms with van der Waals surface area (Å²) in [5.41, 5.74) is 0.835. The molecule has 0 atom stereocenters. The predicted octanol–water partition coefficient (Wildman–Crippen LogP) is 3.65. The van der Waals surface area contributed by atoms with Gasteiger partial charge < -0.3 is 5.32 Å². The smallest absolute Gasteiger partial charge is 0.275 e. The number of nitrogens with zero attached hydrogens (tertiary/aromatic N) is 2. The summed E-state index contributed by atoms with van der Waals surface area (Å²) in [6.07, 6.45) is 0. The Bertz CT molecular complexity index is 979. The van der Waals surface area contributed by atoms with E-state index in [-0.39, 0.29) is 12.1 Å². The molecule has 3 aromatic rings. The van der Waals surface area contributed by atoms with Crippen LogP contribution in [0, 0.1) is 6.92 Å². The van der Waals surface area contributed by atoms with E-state index in [1.165, 1.54) is 0 Å². The largest absolute Gasteiger partial charge is 0.324 e. The van der Waals surface area contributed by atoms with Gasteiger partial charge in [0.25, 0.3) is 5.56 Å². The van der Waals surface area contributed by atoms with Crippen molar-refractivity contribution in [3.63, 3.8) is 0 Å². The Balaban J connectivity index is 1.88. The molecule has 0 saturated carbocycles. The number of halogens is 2. The highest BCUT2D eigenvalue weighted by molar-refractivity contribution is 6.35. The van der Waals surface area contributed by atoms with Crippen LogP contribution in [0.4, 0.5) is 5.69 Å². The van der Waals surface area contributed by atoms with Crippen LogP contribution in [0.1, 0.15) is 5.69 Å². The Kier molecular flexibility index (Phi) is 4.55. The number of nitrogens with one attached hydrogen (secondary N) is 1. The second-order valence-corrected chi connectivity index (χ2v) is 6.17. The second-order valence-electron chi connectivity index (χ2n) is 5.30. The van der Waals surface area contributed by atoms with Gasteiger partial charge in [-0.15, -0.1) is 0 Å². The van der Waals surface area contributed by atoms with Crippen molar-refractivity contribution in [2.24, 2.45) is 0 Å². The lowest BCUT2D eigenvalue weighted by Gasteiger charge is -2.10. The van der Waals surface area contributed by atoms with Crippen molar-refractivity contribution >= 4 is 45.6 Å². The molecular formula is C17H13Cl2N3O2. The van der Waals surface area contributed by atoms with Gasteiger partial charge in [0.2, 0.25) is 5.91 Å². The molecule has 0 aliphatic carbocycles. The Morgan fingerprint density at radius 1 is 1.12 bits per heavy atom. The second kappa shape index (κ2) is 6.63. The van der Waals surface area contributed by atoms with Crippen molar-refractivity contribution in [2.75, 3.05) is 5.32 Å². The van der Waals surface area contributed by atoms with E-state index in [2.05, 4.69) is 10.4 Å². The topological polar surface area (TPSA) is 64.0 Å². The van der Waals surface area contributed by atoms with E-state index in [1.54, 1.807) is 37.3 Å². The molecule has 7 heteroatoms. The summed E-state index contributed by atoms with van der Waals surface area (Å²) >= 11 is 11.8. The summed E-state index contributed by atoms with van der Waals surface area (Å²) in [5, 5.41) is 9.00. The van der Waals surface area contributed by atoms with Gasteiger partial charge >= 0.3 is 0 Å². The number of hydrogen-bond acceptors (Lipinski definition) is 3. The number of carbonyl (C=O) groups is 1. The Labute approximate surface area is 147 Å². The molecule has 0 aliphatic rings. The lowest BCUT2D eigenvalue weighted by atomic mass is 10.1. The van der Waals surface area contributed by atoms with Gasteiger partial charge in [-0.3, -0.25) is 9.59 Å². The molecule has 1 aromatic heterocycles. The molecule has 0 bridgehead atoms. The summed E-state index contributed by atoms with van der Waals surface area (Å²) in [4.78, 5) is 24.7. The molecule has 1 amide bonds. The number of hydrogen-bond donors (Lipinski definition) is 1. The fourth-order valence-corrected chi connectivity index (χ4v) is 3.00. The van der Waals surface area contributed by atoms with E-state index < -0.39 is 5.91 Å². The number of carbonyl (C=O) groups excluding carboxylic acids is 1. The molecule has 0 saturated heterocycles. The quantitative estimate of drug-likeness (QED) is 0.774. The lowest BCUT2D eigenvalue weighted by Crippen LogP contribution is -2.30. The summed E-state index contributed by atoms with van der Waals surface area (Å²) in [7, 11) is 0. The van der Waals surface area contributed by atoms with Crippen LogP contribution in [0.2, 0.25) is 10.0 Å². The maximum absolute atomic E-state index is 12.5. The van der Waals surface area contributed by atoms with Crippen LogP contribution in [-0.2, 0) is 11.3 Å². The zero-order chi connectivity index (χ0) is 17.3. The molecular weight excluding hydrogens is 349 g/mol. The van der Waals surface area contributed by atoms with Gasteiger partial charge in [-0.2, -0.15) is 5.10 Å². The Hall–Kier alpha value is -2.37. The number of fused-ring (bicyclic) bond motifs is 1. The van der Waals surface area contributed by atoms with Gasteiger partial charge in [0.05, 0.1) is 11.1 Å². The van der Waals surface area contributed by atoms with Crippen LogP contribution in [0.5, 0.6) is 0 Å². The van der Waals surface area contributed by atoms with Crippen molar-refractivity contribution in [1.82, 2.24) is 9.78 Å². The van der Waals surface area contributed by atoms with Gasteiger partial charge in [0.15, 0.2) is 0 Å². The zero-order valence-corrected chi connectivity index (χ0v) is 14.2. The minimum atomic E-state index is -0.391. The highest BCUT2D eigenvalue weighted by Crippen LogP contribution is 2.22. The number of anilines is 1. The molecule has 1 N–H and O–H groups in total. The summed E-state index contributed by atoms with van der Waals surface area (Å²) in [6.45, 7) is 1.60. The van der Waals surface area contributed by atoms with Crippen LogP contribution in [0.3, 0.4) is 0 Å². The SMILES string of the molecule is Cc1nn(CC(=O)Nc2cc(Cl)cc(Cl)c2)c(=O)c2ccccc12. The van der Waals surface area contributed by atoms with E-state index >= 15 is 0 Å². The predicted molar refractivity (Wildman–Crippen MR) is 95.8 cm³/mol. The molecule has 3 rings (SSSR count). The average molecular weight is 362 g/mol. The minimum Gasteiger partial charge on any atom is -0.324 e. The van der Waals surface area contributed by atoms with E-state index in [4.69, 9.17) is 23.2 Å². The molecule has 5 nitrogen and oxygen atoms in total. The van der Waals surface area contributed by atoms with E-state index in [0.717, 1.165) is 10.1 Å². The Morgan fingerprint density at radius 2 is 1.75 bits per heavy atom. The summed E-state index contributed by atoms with van der Waals surface area (Å²) < 4.78 is 1.15. The lowest BCUT2D eigenvalue weighted by molar-refractivity contribution is -0.117. The normalized spacial score (nSPS) is 10.8. The molecule has 0 spiro atoms. The standard InChI is InChI=1S/C17H13Cl2N3O2/c1-10-14-4-2-3-5-15(14)17(24)22(21-10)9-16(23)20-13-7-11(18)6-12(19)8-13/h2-8H,9H2,1H3,(H,20,23). The maximum atomic E-state index is 12.5. The van der Waals surface area contributed by atoms with Gasteiger partial charge in [-0.25, -0.2) is 4.68 Å². The summed E-state index contributed by atoms with van der Waals surface area (Å²) in [5.74, 6) is -0.391. The number of aryl methyl sites for hydroxylation is 1. The molecule has 2 aromatic carbocycles. The third-order valence-corrected chi connectivity index (χ3v) is 3.93. The highest BCUT2D eigenvalue weighted by atomic mass is 35.5. The number of aromatic nitrogens is 2. The molecule has 0 unspecified atom stereocenters. The maximum Gasteiger partial charge on any atom is 0.275 e. The first-order valence-corrected chi connectivity index (χ1v) is 7.92. The molecule has 0 radical (unpaired) electrons. The highest BCUT2D eigenvalue weighted by Gasteiger charge is 2.11. The first-order valence-electron chi connectivity index (χ1n) is 7.16. The minimum absolute atomic E-state index is 0.200. The van der Waals surface area contributed by atoms with Crippen LogP contribution < -0.4 is 10.9 Å². The van der Waals surface area contributed by atoms with E-state index in [1.807, 2.05) is 12.1 Å². The van der Waals surface area contributed by atoms with E-state index in [9.17, 15) is 9.59 Å². The number of rotatable bonds is 3. The van der Waals surface area contributed by atoms with Gasteiger partial charge in [-0.05, 0) is 31.2 Å². The summed E-state index contributed by atoms with van der Waals surface area (Å²) in [6, 6.07) is 11.9. The van der Waals surface area contributed by atoms with Crippen molar-refractivity contribution in [3.8, 4) is 0 Å². The third-order valence-electron chi connectivity index (χ3n) is 3.49. The fourth-order valence-electron chi connectivity index (χ4n) is 2.47. The van der Waals surface area contributed by atoms with Crippen LogP contribution in [0.25, 0.3) is 10.8 Å². The van der Waals surface area contributed by atoms with E-state index in [0.29, 0.717) is 26.8 Å². The first-order chi connectivity index (χ1) is 11.4. The van der Waals surface area contributed by atoms with Crippen molar-refractivity contribution in [2.45, 2.75) is 13.5 Å². The zero-order valence-electron chi connectivity index (χ0n) is 12.7. The van der Waals surface area contributed by atoms with Crippen LogP contribution in [0.15, 0.2) is 47.3 Å². The molecule has 24 heavy (non-hydrogen) atoms.